The largest absolute Gasteiger partial charge is 0.481 e. The first-order valence-electron chi connectivity index (χ1n) is 17.0. The zero-order valence-corrected chi connectivity index (χ0v) is 29.1. The van der Waals surface area contributed by atoms with Gasteiger partial charge in [0, 0.05) is 90.4 Å². The molecular formula is C32H49N7O13. The first-order valence-corrected chi connectivity index (χ1v) is 17.0. The summed E-state index contributed by atoms with van der Waals surface area (Å²) in [4.78, 5) is 114. The molecule has 20 heteroatoms. The smallest absolute Gasteiger partial charge is 0.317 e. The molecule has 2 rings (SSSR count). The van der Waals surface area contributed by atoms with Gasteiger partial charge < -0.3 is 31.1 Å². The molecule has 0 radical (unpaired) electrons. The van der Waals surface area contributed by atoms with E-state index in [2.05, 4.69) is 10.6 Å². The lowest BCUT2D eigenvalue weighted by Gasteiger charge is -2.32. The van der Waals surface area contributed by atoms with Crippen LogP contribution in [0.15, 0.2) is 12.2 Å². The molecule has 0 aromatic rings. The van der Waals surface area contributed by atoms with Crippen LogP contribution < -0.4 is 10.6 Å². The summed E-state index contributed by atoms with van der Waals surface area (Å²) in [5.74, 6) is -7.75. The Bertz CT molecular complexity index is 1290. The van der Waals surface area contributed by atoms with Crippen molar-refractivity contribution in [1.29, 1.82) is 0 Å². The van der Waals surface area contributed by atoms with Gasteiger partial charge in [-0.05, 0) is 12.8 Å². The van der Waals surface area contributed by atoms with Crippen molar-refractivity contribution in [1.82, 2.24) is 35.1 Å². The average Bonchev–Trinajstić information content (AvgIpc) is 3.37. The van der Waals surface area contributed by atoms with E-state index in [1.165, 1.54) is 0 Å². The number of amides is 4. The van der Waals surface area contributed by atoms with Gasteiger partial charge in [0.2, 0.25) is 11.8 Å². The van der Waals surface area contributed by atoms with Crippen LogP contribution in [0.2, 0.25) is 0 Å². The molecule has 20 nitrogen and oxygen atoms in total. The van der Waals surface area contributed by atoms with Crippen molar-refractivity contribution in [3.8, 4) is 0 Å². The number of aliphatic carboxylic acids is 4. The monoisotopic (exact) mass is 739 g/mol. The number of carboxylic acids is 4. The van der Waals surface area contributed by atoms with Crippen molar-refractivity contribution in [2.24, 2.45) is 5.92 Å². The predicted octanol–water partition coefficient (Wildman–Crippen LogP) is -3.16. The van der Waals surface area contributed by atoms with E-state index in [-0.39, 0.29) is 111 Å². The molecule has 0 saturated carbocycles. The van der Waals surface area contributed by atoms with E-state index in [9.17, 15) is 63.6 Å². The molecule has 1 atom stereocenters. The van der Waals surface area contributed by atoms with E-state index in [1.807, 2.05) is 0 Å². The molecule has 0 aromatic carbocycles. The van der Waals surface area contributed by atoms with E-state index >= 15 is 0 Å². The summed E-state index contributed by atoms with van der Waals surface area (Å²) in [6.45, 7) is 0.537. The van der Waals surface area contributed by atoms with Gasteiger partial charge in [0.05, 0.1) is 38.6 Å². The molecule has 0 unspecified atom stereocenters. The summed E-state index contributed by atoms with van der Waals surface area (Å²) in [6, 6.07) is 0. The van der Waals surface area contributed by atoms with Crippen LogP contribution in [0.4, 0.5) is 0 Å². The Hall–Kier alpha value is -4.79. The molecule has 2 heterocycles. The lowest BCUT2D eigenvalue weighted by molar-refractivity contribution is -0.144. The van der Waals surface area contributed by atoms with Crippen molar-refractivity contribution in [3.05, 3.63) is 12.2 Å². The fraction of sp³-hybridized carbons (Fsp3) is 0.656. The van der Waals surface area contributed by atoms with Crippen molar-refractivity contribution in [2.75, 3.05) is 98.2 Å². The zero-order valence-electron chi connectivity index (χ0n) is 29.1. The van der Waals surface area contributed by atoms with Gasteiger partial charge in [0.25, 0.3) is 11.8 Å². The quantitative estimate of drug-likeness (QED) is 0.0501. The van der Waals surface area contributed by atoms with Crippen molar-refractivity contribution in [3.63, 3.8) is 0 Å². The summed E-state index contributed by atoms with van der Waals surface area (Å²) in [5, 5.41) is 42.5. The SMILES string of the molecule is O=C(O)CN1CCN(CC(=O)O)CCN(CC(=O)NCCC(=O)NCC(=O)C[C@@H](CCCCN2C(=O)C=CC2=O)C(=O)O)CCN(CC(=O)O)CC1. The molecular weight excluding hydrogens is 690 g/mol. The summed E-state index contributed by atoms with van der Waals surface area (Å²) in [7, 11) is 0. The molecule has 0 spiro atoms. The molecule has 0 bridgehead atoms. The minimum absolute atomic E-state index is 0.0717. The number of hydrogen-bond acceptors (Lipinski definition) is 13. The summed E-state index contributed by atoms with van der Waals surface area (Å²) >= 11 is 0. The lowest BCUT2D eigenvalue weighted by Crippen LogP contribution is -2.50. The molecule has 52 heavy (non-hydrogen) atoms. The minimum atomic E-state index is -1.18. The third-order valence-corrected chi connectivity index (χ3v) is 8.44. The van der Waals surface area contributed by atoms with E-state index in [0.29, 0.717) is 12.8 Å². The van der Waals surface area contributed by atoms with Crippen LogP contribution in [0.1, 0.15) is 32.1 Å². The van der Waals surface area contributed by atoms with Gasteiger partial charge in [-0.15, -0.1) is 0 Å². The molecule has 1 saturated heterocycles. The predicted molar refractivity (Wildman–Crippen MR) is 180 cm³/mol. The number of imide groups is 1. The van der Waals surface area contributed by atoms with Gasteiger partial charge in [-0.3, -0.25) is 67.7 Å². The Balaban J connectivity index is 1.81. The molecule has 0 aromatic heterocycles. The van der Waals surface area contributed by atoms with Crippen LogP contribution in [-0.4, -0.2) is 196 Å². The number of carboxylic acid groups (broad SMARTS) is 4. The Labute approximate surface area is 300 Å². The van der Waals surface area contributed by atoms with Crippen LogP contribution in [0, 0.1) is 5.92 Å². The maximum Gasteiger partial charge on any atom is 0.317 e. The number of nitrogens with zero attached hydrogens (tertiary/aromatic N) is 5. The zero-order chi connectivity index (χ0) is 38.6. The van der Waals surface area contributed by atoms with Gasteiger partial charge in [-0.2, -0.15) is 0 Å². The van der Waals surface area contributed by atoms with Crippen LogP contribution in [-0.2, 0) is 43.2 Å². The van der Waals surface area contributed by atoms with Gasteiger partial charge in [0.15, 0.2) is 5.78 Å². The molecule has 2 aliphatic heterocycles. The second kappa shape index (κ2) is 22.9. The minimum Gasteiger partial charge on any atom is -0.481 e. The maximum absolute atomic E-state index is 12.8. The molecule has 4 amide bonds. The highest BCUT2D eigenvalue weighted by Gasteiger charge is 2.25. The highest BCUT2D eigenvalue weighted by atomic mass is 16.4. The summed E-state index contributed by atoms with van der Waals surface area (Å²) in [6.07, 6.45) is 2.70. The van der Waals surface area contributed by atoms with Gasteiger partial charge in [-0.25, -0.2) is 0 Å². The Morgan fingerprint density at radius 2 is 1.06 bits per heavy atom. The average molecular weight is 740 g/mol. The van der Waals surface area contributed by atoms with Crippen LogP contribution in [0.25, 0.3) is 0 Å². The van der Waals surface area contributed by atoms with Crippen LogP contribution in [0.5, 0.6) is 0 Å². The number of Topliss-reactive ketones (excluding diaryl/α,β-unsaturated/α-hetero) is 1. The first kappa shape index (κ1) is 43.4. The normalized spacial score (nSPS) is 17.6. The molecule has 1 fully saturated rings. The van der Waals surface area contributed by atoms with Gasteiger partial charge in [-0.1, -0.05) is 6.42 Å². The Morgan fingerprint density at radius 1 is 0.615 bits per heavy atom. The van der Waals surface area contributed by atoms with Crippen molar-refractivity contribution >= 4 is 53.3 Å². The maximum atomic E-state index is 12.8. The first-order chi connectivity index (χ1) is 24.6. The lowest BCUT2D eigenvalue weighted by atomic mass is 9.96. The topological polar surface area (TPSA) is 275 Å². The second-order valence-corrected chi connectivity index (χ2v) is 12.6. The third-order valence-electron chi connectivity index (χ3n) is 8.44. The molecule has 0 aliphatic carbocycles. The standard InChI is InChI=1S/C32H49N7O13/c40-24(17-23(32(51)52)3-1-2-8-39-27(43)4-5-28(39)44)18-34-25(41)6-7-33-26(42)19-35-9-11-36(20-29(45)46)13-15-38(22-31(49)50)16-14-37(12-10-35)21-30(47)48/h4-5,23H,1-3,6-22H2,(H,33,42)(H,34,41)(H,45,46)(H,47,48)(H,49,50)(H,51,52)/t23-/m1/s1. The van der Waals surface area contributed by atoms with Gasteiger partial charge in [0.1, 0.15) is 0 Å². The van der Waals surface area contributed by atoms with Crippen molar-refractivity contribution in [2.45, 2.75) is 32.1 Å². The number of carbonyl (C=O) groups is 9. The number of rotatable bonds is 21. The van der Waals surface area contributed by atoms with Gasteiger partial charge >= 0.3 is 23.9 Å². The van der Waals surface area contributed by atoms with E-state index < -0.39 is 65.8 Å². The summed E-state index contributed by atoms with van der Waals surface area (Å²) < 4.78 is 0. The highest BCUT2D eigenvalue weighted by Crippen LogP contribution is 2.15. The van der Waals surface area contributed by atoms with E-state index in [0.717, 1.165) is 17.1 Å². The van der Waals surface area contributed by atoms with E-state index in [1.54, 1.807) is 19.6 Å². The van der Waals surface area contributed by atoms with E-state index in [4.69, 9.17) is 0 Å². The molecule has 6 N–H and O–H groups in total. The van der Waals surface area contributed by atoms with Crippen molar-refractivity contribution < 1.29 is 63.6 Å². The number of nitrogens with one attached hydrogen (secondary N) is 2. The molecule has 290 valence electrons. The number of unbranched alkanes of at least 4 members (excludes halogenated alkanes) is 1. The Kier molecular flexibility index (Phi) is 19.1. The highest BCUT2D eigenvalue weighted by molar-refractivity contribution is 6.12. The summed E-state index contributed by atoms with van der Waals surface area (Å²) in [5.41, 5.74) is 0. The Morgan fingerprint density at radius 3 is 1.48 bits per heavy atom. The number of carbonyl (C=O) groups excluding carboxylic acids is 5. The molecule has 2 aliphatic rings. The fourth-order valence-electron chi connectivity index (χ4n) is 5.62. The number of ketones is 1. The fourth-order valence-corrected chi connectivity index (χ4v) is 5.62. The van der Waals surface area contributed by atoms with Crippen LogP contribution >= 0.6 is 0 Å². The number of hydrogen-bond donors (Lipinski definition) is 6. The van der Waals surface area contributed by atoms with Crippen LogP contribution in [0.3, 0.4) is 0 Å². The second-order valence-electron chi connectivity index (χ2n) is 12.6. The third kappa shape index (κ3) is 17.9.